The van der Waals surface area contributed by atoms with E-state index in [1.54, 1.807) is 0 Å². The van der Waals surface area contributed by atoms with Gasteiger partial charge in [0.05, 0.1) is 19.8 Å². The van der Waals surface area contributed by atoms with Crippen molar-refractivity contribution >= 4 is 13.8 Å². The molecule has 102 valence electrons. The molecule has 3 N–H and O–H groups in total. The van der Waals surface area contributed by atoms with E-state index >= 15 is 0 Å². The van der Waals surface area contributed by atoms with Crippen LogP contribution in [0.4, 0.5) is 0 Å². The van der Waals surface area contributed by atoms with Crippen molar-refractivity contribution in [2.45, 2.75) is 13.0 Å². The van der Waals surface area contributed by atoms with Gasteiger partial charge in [0.2, 0.25) is 0 Å². The van der Waals surface area contributed by atoms with Crippen LogP contribution in [0.25, 0.3) is 0 Å². The summed E-state index contributed by atoms with van der Waals surface area (Å²) in [6.45, 7) is 0.962. The van der Waals surface area contributed by atoms with Crippen LogP contribution in [0.1, 0.15) is 6.92 Å². The summed E-state index contributed by atoms with van der Waals surface area (Å²) in [5, 5.41) is 0. The molecule has 9 heteroatoms. The van der Waals surface area contributed by atoms with E-state index < -0.39 is 19.9 Å². The van der Waals surface area contributed by atoms with E-state index in [4.69, 9.17) is 15.2 Å². The highest BCUT2D eigenvalue weighted by Gasteiger charge is 2.24. The molecule has 0 saturated heterocycles. The first-order valence-electron chi connectivity index (χ1n) is 4.89. The molecule has 0 aliphatic heterocycles. The largest absolute Gasteiger partial charge is 0.472 e. The van der Waals surface area contributed by atoms with E-state index in [1.807, 2.05) is 0 Å². The second-order valence-electron chi connectivity index (χ2n) is 3.07. The fraction of sp³-hybridized carbons (Fsp3) is 0.875. The summed E-state index contributed by atoms with van der Waals surface area (Å²) in [7, 11) is -2.75. The summed E-state index contributed by atoms with van der Waals surface area (Å²) >= 11 is 0. The van der Waals surface area contributed by atoms with Crippen molar-refractivity contribution in [3.8, 4) is 0 Å². The second-order valence-corrected chi connectivity index (χ2v) is 4.53. The first-order chi connectivity index (χ1) is 7.91. The number of ether oxygens (including phenoxy) is 2. The van der Waals surface area contributed by atoms with Gasteiger partial charge in [0.15, 0.2) is 0 Å². The van der Waals surface area contributed by atoms with Gasteiger partial charge in [-0.1, -0.05) is 0 Å². The lowest BCUT2D eigenvalue weighted by Gasteiger charge is -2.18. The van der Waals surface area contributed by atoms with Crippen molar-refractivity contribution in [3.63, 3.8) is 0 Å². The van der Waals surface area contributed by atoms with Crippen LogP contribution in [0.15, 0.2) is 0 Å². The molecule has 0 aliphatic carbocycles. The van der Waals surface area contributed by atoms with Gasteiger partial charge < -0.3 is 20.1 Å². The third-order valence-electron chi connectivity index (χ3n) is 1.48. The molecule has 0 aromatic rings. The Labute approximate surface area is 99.6 Å². The smallest absolute Gasteiger partial charge is 0.458 e. The van der Waals surface area contributed by atoms with Crippen LogP contribution in [-0.2, 0) is 27.9 Å². The number of hydrogen-bond donors (Lipinski definition) is 2. The van der Waals surface area contributed by atoms with Gasteiger partial charge in [-0.25, -0.2) is 4.57 Å². The zero-order chi connectivity index (χ0) is 13.3. The minimum atomic E-state index is -4.16. The number of hydrogen-bond acceptors (Lipinski definition) is 7. The van der Waals surface area contributed by atoms with Crippen molar-refractivity contribution in [2.75, 3.05) is 33.5 Å². The third-order valence-corrected chi connectivity index (χ3v) is 2.47. The molecule has 0 rings (SSSR count). The van der Waals surface area contributed by atoms with Crippen LogP contribution in [0.3, 0.4) is 0 Å². The fourth-order valence-electron chi connectivity index (χ4n) is 0.919. The van der Waals surface area contributed by atoms with E-state index in [0.29, 0.717) is 0 Å². The number of methoxy groups -OCH3 is 1. The minimum absolute atomic E-state index is 0.0521. The molecule has 17 heavy (non-hydrogen) atoms. The molecule has 0 radical (unpaired) electrons. The standard InChI is InChI=1S/C8H18NO7P/c1-7(10)16-8(5-13-2)6-15-17(11,12)14-4-3-9/h8H,3-6,9H2,1-2H3,(H,11,12). The maximum absolute atomic E-state index is 11.2. The Morgan fingerprint density at radius 2 is 2.06 bits per heavy atom. The first kappa shape index (κ1) is 16.5. The Morgan fingerprint density at radius 3 is 2.53 bits per heavy atom. The predicted octanol–water partition coefficient (Wildman–Crippen LogP) is -0.343. The van der Waals surface area contributed by atoms with E-state index in [9.17, 15) is 14.3 Å². The average Bonchev–Trinajstić information content (AvgIpc) is 2.23. The van der Waals surface area contributed by atoms with Crippen LogP contribution >= 0.6 is 7.82 Å². The Balaban J connectivity index is 4.09. The monoisotopic (exact) mass is 271 g/mol. The molecule has 2 atom stereocenters. The zero-order valence-electron chi connectivity index (χ0n) is 9.83. The first-order valence-corrected chi connectivity index (χ1v) is 6.39. The van der Waals surface area contributed by atoms with Crippen molar-refractivity contribution < 1.29 is 32.8 Å². The lowest BCUT2D eigenvalue weighted by molar-refractivity contribution is -0.151. The van der Waals surface area contributed by atoms with Gasteiger partial charge in [0.1, 0.15) is 6.10 Å². The number of nitrogens with two attached hydrogens (primary N) is 1. The SMILES string of the molecule is COCC(COP(=O)(O)OCCN)OC(C)=O. The number of phosphoric ester groups is 1. The molecule has 0 spiro atoms. The molecule has 8 nitrogen and oxygen atoms in total. The Bertz CT molecular complexity index is 273. The summed E-state index contributed by atoms with van der Waals surface area (Å²) in [6, 6.07) is 0. The van der Waals surface area contributed by atoms with Gasteiger partial charge in [0.25, 0.3) is 0 Å². The molecule has 0 heterocycles. The Hall–Kier alpha value is -0.500. The Morgan fingerprint density at radius 1 is 1.41 bits per heavy atom. The second kappa shape index (κ2) is 8.57. The van der Waals surface area contributed by atoms with Crippen LogP contribution in [0, 0.1) is 0 Å². The molecular weight excluding hydrogens is 253 g/mol. The maximum atomic E-state index is 11.2. The maximum Gasteiger partial charge on any atom is 0.472 e. The van der Waals surface area contributed by atoms with Gasteiger partial charge in [0, 0.05) is 20.6 Å². The van der Waals surface area contributed by atoms with Gasteiger partial charge in [-0.3, -0.25) is 13.8 Å². The van der Waals surface area contributed by atoms with Crippen LogP contribution in [0.5, 0.6) is 0 Å². The highest BCUT2D eigenvalue weighted by Crippen LogP contribution is 2.42. The van der Waals surface area contributed by atoms with Crippen LogP contribution < -0.4 is 5.73 Å². The number of rotatable bonds is 9. The molecule has 0 saturated carbocycles. The highest BCUT2D eigenvalue weighted by atomic mass is 31.2. The molecule has 0 bridgehead atoms. The van der Waals surface area contributed by atoms with Gasteiger partial charge in [-0.2, -0.15) is 0 Å². The molecule has 0 amide bonds. The summed E-state index contributed by atoms with van der Waals surface area (Å²) in [5.74, 6) is -0.536. The van der Waals surface area contributed by atoms with Crippen molar-refractivity contribution in [3.05, 3.63) is 0 Å². The van der Waals surface area contributed by atoms with E-state index in [2.05, 4.69) is 9.05 Å². The number of esters is 1. The van der Waals surface area contributed by atoms with E-state index in [0.717, 1.165) is 0 Å². The molecule has 2 unspecified atom stereocenters. The normalized spacial score (nSPS) is 16.2. The summed E-state index contributed by atoms with van der Waals surface area (Å²) in [5.41, 5.74) is 5.10. The van der Waals surface area contributed by atoms with Crippen molar-refractivity contribution in [1.82, 2.24) is 0 Å². The zero-order valence-corrected chi connectivity index (χ0v) is 10.7. The lowest BCUT2D eigenvalue weighted by atomic mass is 10.4. The summed E-state index contributed by atoms with van der Waals surface area (Å²) in [4.78, 5) is 19.9. The van der Waals surface area contributed by atoms with Gasteiger partial charge >= 0.3 is 13.8 Å². The fourth-order valence-corrected chi connectivity index (χ4v) is 1.68. The summed E-state index contributed by atoms with van der Waals surface area (Å²) in [6.07, 6.45) is -0.764. The molecule has 0 aromatic heterocycles. The van der Waals surface area contributed by atoms with Crippen molar-refractivity contribution in [1.29, 1.82) is 0 Å². The minimum Gasteiger partial charge on any atom is -0.458 e. The Kier molecular flexibility index (Phi) is 8.32. The third kappa shape index (κ3) is 9.22. The number of phosphoric acid groups is 1. The number of carbonyl (C=O) groups is 1. The van der Waals surface area contributed by atoms with E-state index in [-0.39, 0.29) is 26.4 Å². The molecular formula is C8H18NO7P. The topological polar surface area (TPSA) is 117 Å². The lowest BCUT2D eigenvalue weighted by Crippen LogP contribution is -2.27. The number of carbonyl (C=O) groups excluding carboxylic acids is 1. The highest BCUT2D eigenvalue weighted by molar-refractivity contribution is 7.47. The molecule has 0 aromatic carbocycles. The predicted molar refractivity (Wildman–Crippen MR) is 58.2 cm³/mol. The summed E-state index contributed by atoms with van der Waals surface area (Å²) < 4.78 is 29.9. The van der Waals surface area contributed by atoms with E-state index in [1.165, 1.54) is 14.0 Å². The van der Waals surface area contributed by atoms with Gasteiger partial charge in [-0.05, 0) is 0 Å². The van der Waals surface area contributed by atoms with Gasteiger partial charge in [-0.15, -0.1) is 0 Å². The van der Waals surface area contributed by atoms with Crippen LogP contribution in [-0.4, -0.2) is 50.4 Å². The molecule has 0 fully saturated rings. The average molecular weight is 271 g/mol. The van der Waals surface area contributed by atoms with Crippen LogP contribution in [0.2, 0.25) is 0 Å². The molecule has 0 aliphatic rings. The quantitative estimate of drug-likeness (QED) is 0.432. The van der Waals surface area contributed by atoms with Crippen molar-refractivity contribution in [2.24, 2.45) is 5.73 Å².